The fourth-order valence-electron chi connectivity index (χ4n) is 2.40. The van der Waals surface area contributed by atoms with Gasteiger partial charge in [0.15, 0.2) is 11.0 Å². The third-order valence-corrected chi connectivity index (χ3v) is 3.74. The Morgan fingerprint density at radius 1 is 1.48 bits per heavy atom. The largest absolute Gasteiger partial charge is 0.390 e. The average molecular weight is 316 g/mol. The maximum atomic E-state index is 10.2. The van der Waals surface area contributed by atoms with Crippen molar-refractivity contribution in [2.45, 2.75) is 6.10 Å². The van der Waals surface area contributed by atoms with Crippen molar-refractivity contribution in [3.8, 4) is 0 Å². The van der Waals surface area contributed by atoms with Gasteiger partial charge in [-0.25, -0.2) is 9.97 Å². The minimum absolute atomic E-state index is 0.372. The first kappa shape index (κ1) is 16.2. The van der Waals surface area contributed by atoms with Crippen LogP contribution in [-0.2, 0) is 4.74 Å². The van der Waals surface area contributed by atoms with Gasteiger partial charge in [0.2, 0.25) is 0 Å². The number of halogens is 1. The van der Waals surface area contributed by atoms with Crippen molar-refractivity contribution in [2.24, 2.45) is 0 Å². The van der Waals surface area contributed by atoms with Crippen LogP contribution in [0.15, 0.2) is 6.33 Å². The summed E-state index contributed by atoms with van der Waals surface area (Å²) >= 11 is 6.04. The molecule has 1 aromatic heterocycles. The minimum Gasteiger partial charge on any atom is -0.390 e. The molecule has 0 radical (unpaired) electrons. The van der Waals surface area contributed by atoms with Gasteiger partial charge in [0.1, 0.15) is 12.0 Å². The number of hydrogen-bond acceptors (Lipinski definition) is 7. The monoisotopic (exact) mass is 315 g/mol. The topological polar surface area (TPSA) is 73.8 Å². The molecule has 0 aliphatic carbocycles. The van der Waals surface area contributed by atoms with Crippen molar-refractivity contribution in [3.63, 3.8) is 0 Å². The van der Waals surface area contributed by atoms with E-state index in [1.807, 2.05) is 11.9 Å². The Morgan fingerprint density at radius 2 is 2.19 bits per heavy atom. The zero-order valence-electron chi connectivity index (χ0n) is 12.4. The van der Waals surface area contributed by atoms with Gasteiger partial charge in [-0.2, -0.15) is 0 Å². The summed E-state index contributed by atoms with van der Waals surface area (Å²) in [5, 5.41) is 13.6. The zero-order valence-corrected chi connectivity index (χ0v) is 13.2. The Hall–Kier alpha value is -1.15. The number of rotatable bonds is 6. The number of likely N-dealkylation sites (N-methyl/N-ethyl adjacent to an activating group) is 1. The number of morpholine rings is 1. The predicted octanol–water partition coefficient (Wildman–Crippen LogP) is 0.301. The fourth-order valence-corrected chi connectivity index (χ4v) is 2.62. The number of ether oxygens (including phenoxy) is 1. The Labute approximate surface area is 129 Å². The first-order chi connectivity index (χ1) is 10.1. The molecule has 2 N–H and O–H groups in total. The highest BCUT2D eigenvalue weighted by atomic mass is 35.5. The lowest BCUT2D eigenvalue weighted by molar-refractivity contribution is 0.0162. The molecule has 1 fully saturated rings. The normalized spacial score (nSPS) is 17.5. The molecule has 8 heteroatoms. The highest BCUT2D eigenvalue weighted by Crippen LogP contribution is 2.27. The van der Waals surface area contributed by atoms with Gasteiger partial charge in [-0.15, -0.1) is 0 Å². The number of aliphatic hydroxyl groups is 1. The number of nitrogens with one attached hydrogen (secondary N) is 1. The molecule has 1 saturated heterocycles. The van der Waals surface area contributed by atoms with Crippen LogP contribution in [0.4, 0.5) is 11.5 Å². The Morgan fingerprint density at radius 3 is 2.86 bits per heavy atom. The molecule has 2 heterocycles. The molecule has 21 heavy (non-hydrogen) atoms. The average Bonchev–Trinajstić information content (AvgIpc) is 2.47. The SMILES string of the molecule is CNc1c(Cl)ncnc1N(C)CC(O)CN1CCOCC1. The molecule has 0 bridgehead atoms. The molecule has 2 rings (SSSR count). The molecule has 0 amide bonds. The Kier molecular flexibility index (Phi) is 5.98. The van der Waals surface area contributed by atoms with Crippen molar-refractivity contribution in [2.75, 3.05) is 63.7 Å². The van der Waals surface area contributed by atoms with Crippen LogP contribution in [-0.4, -0.2) is 79.6 Å². The lowest BCUT2D eigenvalue weighted by atomic mass is 10.2. The summed E-state index contributed by atoms with van der Waals surface area (Å²) in [6, 6.07) is 0. The van der Waals surface area contributed by atoms with E-state index >= 15 is 0 Å². The first-order valence-corrected chi connectivity index (χ1v) is 7.37. The van der Waals surface area contributed by atoms with Crippen LogP contribution in [0.1, 0.15) is 0 Å². The van der Waals surface area contributed by atoms with Crippen molar-refractivity contribution in [1.82, 2.24) is 14.9 Å². The molecule has 0 spiro atoms. The van der Waals surface area contributed by atoms with Crippen molar-refractivity contribution < 1.29 is 9.84 Å². The summed E-state index contributed by atoms with van der Waals surface area (Å²) in [5.41, 5.74) is 0.667. The van der Waals surface area contributed by atoms with E-state index < -0.39 is 6.10 Å². The molecule has 0 aromatic carbocycles. The second kappa shape index (κ2) is 7.74. The van der Waals surface area contributed by atoms with E-state index in [1.165, 1.54) is 6.33 Å². The summed E-state index contributed by atoms with van der Waals surface area (Å²) < 4.78 is 5.30. The van der Waals surface area contributed by atoms with Crippen LogP contribution in [0.25, 0.3) is 0 Å². The van der Waals surface area contributed by atoms with Gasteiger partial charge >= 0.3 is 0 Å². The van der Waals surface area contributed by atoms with Crippen LogP contribution < -0.4 is 10.2 Å². The van der Waals surface area contributed by atoms with Crippen LogP contribution in [0.5, 0.6) is 0 Å². The van der Waals surface area contributed by atoms with Gasteiger partial charge < -0.3 is 20.1 Å². The van der Waals surface area contributed by atoms with E-state index in [9.17, 15) is 5.11 Å². The number of nitrogens with zero attached hydrogens (tertiary/aromatic N) is 4. The van der Waals surface area contributed by atoms with Gasteiger partial charge in [0, 0.05) is 40.3 Å². The fraction of sp³-hybridized carbons (Fsp3) is 0.692. The van der Waals surface area contributed by atoms with Crippen molar-refractivity contribution >= 4 is 23.1 Å². The van der Waals surface area contributed by atoms with Gasteiger partial charge in [0.25, 0.3) is 0 Å². The highest BCUT2D eigenvalue weighted by molar-refractivity contribution is 6.32. The number of aliphatic hydroxyl groups excluding tert-OH is 1. The maximum Gasteiger partial charge on any atom is 0.157 e. The van der Waals surface area contributed by atoms with Crippen LogP contribution in [0.3, 0.4) is 0 Å². The number of anilines is 2. The van der Waals surface area contributed by atoms with Gasteiger partial charge in [0.05, 0.1) is 19.3 Å². The Balaban J connectivity index is 1.94. The van der Waals surface area contributed by atoms with E-state index in [4.69, 9.17) is 16.3 Å². The third-order valence-electron chi connectivity index (χ3n) is 3.45. The van der Waals surface area contributed by atoms with Gasteiger partial charge in [-0.1, -0.05) is 11.6 Å². The molecule has 1 aromatic rings. The molecular weight excluding hydrogens is 294 g/mol. The van der Waals surface area contributed by atoms with Crippen molar-refractivity contribution in [1.29, 1.82) is 0 Å². The molecule has 7 nitrogen and oxygen atoms in total. The highest BCUT2D eigenvalue weighted by Gasteiger charge is 2.19. The van der Waals surface area contributed by atoms with Crippen molar-refractivity contribution in [3.05, 3.63) is 11.5 Å². The molecule has 1 aliphatic rings. The Bertz CT molecular complexity index is 456. The first-order valence-electron chi connectivity index (χ1n) is 6.99. The van der Waals surface area contributed by atoms with Crippen LogP contribution in [0.2, 0.25) is 5.15 Å². The number of β-amino-alcohol motifs (C(OH)–C–C–N with tert-alkyl or cyclic N) is 1. The van der Waals surface area contributed by atoms with Gasteiger partial charge in [-0.3, -0.25) is 4.90 Å². The summed E-state index contributed by atoms with van der Waals surface area (Å²) in [6.45, 7) is 4.28. The molecule has 118 valence electrons. The third kappa shape index (κ3) is 4.41. The smallest absolute Gasteiger partial charge is 0.157 e. The second-order valence-corrected chi connectivity index (χ2v) is 5.42. The predicted molar refractivity (Wildman–Crippen MR) is 83.1 cm³/mol. The summed E-state index contributed by atoms with van der Waals surface area (Å²) in [7, 11) is 3.65. The molecule has 0 saturated carbocycles. The van der Waals surface area contributed by atoms with E-state index in [-0.39, 0.29) is 0 Å². The van der Waals surface area contributed by atoms with E-state index in [0.29, 0.717) is 29.7 Å². The lowest BCUT2D eigenvalue weighted by Gasteiger charge is -2.30. The van der Waals surface area contributed by atoms with Crippen LogP contribution >= 0.6 is 11.6 Å². The maximum absolute atomic E-state index is 10.2. The standard InChI is InChI=1S/C13H22ClN5O2/c1-15-11-12(14)16-9-17-13(11)18(2)7-10(20)8-19-3-5-21-6-4-19/h9-10,15,20H,3-8H2,1-2H3. The molecule has 1 aliphatic heterocycles. The van der Waals surface area contributed by atoms with Crippen LogP contribution in [0, 0.1) is 0 Å². The summed E-state index contributed by atoms with van der Waals surface area (Å²) in [6.07, 6.45) is 0.954. The molecular formula is C13H22ClN5O2. The quantitative estimate of drug-likeness (QED) is 0.731. The molecule has 1 atom stereocenters. The summed E-state index contributed by atoms with van der Waals surface area (Å²) in [4.78, 5) is 12.3. The number of hydrogen-bond donors (Lipinski definition) is 2. The van der Waals surface area contributed by atoms with Gasteiger partial charge in [-0.05, 0) is 0 Å². The van der Waals surface area contributed by atoms with E-state index in [0.717, 1.165) is 26.3 Å². The zero-order chi connectivity index (χ0) is 15.2. The summed E-state index contributed by atoms with van der Waals surface area (Å²) in [5.74, 6) is 0.679. The second-order valence-electron chi connectivity index (χ2n) is 5.06. The van der Waals surface area contributed by atoms with E-state index in [2.05, 4.69) is 20.2 Å². The molecule has 1 unspecified atom stereocenters. The number of aromatic nitrogens is 2. The van der Waals surface area contributed by atoms with E-state index in [1.54, 1.807) is 7.05 Å². The minimum atomic E-state index is -0.466. The lowest BCUT2D eigenvalue weighted by Crippen LogP contribution is -2.44.